The molecule has 4 rings (SSSR count). The predicted molar refractivity (Wildman–Crippen MR) is 128 cm³/mol. The molecule has 3 aromatic rings. The van der Waals surface area contributed by atoms with Crippen molar-refractivity contribution in [1.29, 1.82) is 0 Å². The summed E-state index contributed by atoms with van der Waals surface area (Å²) in [5, 5.41) is 0.749. The van der Waals surface area contributed by atoms with E-state index in [-0.39, 0.29) is 18.5 Å². The molecular formula is C22H23BrCl2N2O2S. The smallest absolute Gasteiger partial charge is 0.187 e. The summed E-state index contributed by atoms with van der Waals surface area (Å²) < 4.78 is 15.9. The normalized spacial score (nSPS) is 20.8. The summed E-state index contributed by atoms with van der Waals surface area (Å²) in [5.74, 6) is 0.189. The highest BCUT2D eigenvalue weighted by molar-refractivity contribution is 9.10. The minimum absolute atomic E-state index is 0. The maximum atomic E-state index is 6.50. The Morgan fingerprint density at radius 2 is 2.00 bits per heavy atom. The second-order valence-electron chi connectivity index (χ2n) is 7.06. The molecule has 4 nitrogen and oxygen atoms in total. The third-order valence-corrected chi connectivity index (χ3v) is 7.28. The lowest BCUT2D eigenvalue weighted by Gasteiger charge is -2.28. The second-order valence-corrected chi connectivity index (χ2v) is 9.42. The number of hydrogen-bond donors (Lipinski definition) is 0. The summed E-state index contributed by atoms with van der Waals surface area (Å²) >= 11 is 11.4. The zero-order valence-electron chi connectivity index (χ0n) is 16.2. The van der Waals surface area contributed by atoms with Crippen molar-refractivity contribution < 1.29 is 9.47 Å². The van der Waals surface area contributed by atoms with E-state index in [9.17, 15) is 0 Å². The summed E-state index contributed by atoms with van der Waals surface area (Å²) in [7, 11) is 0. The monoisotopic (exact) mass is 528 g/mol. The highest BCUT2D eigenvalue weighted by Gasteiger charge is 2.41. The van der Waals surface area contributed by atoms with Gasteiger partial charge in [-0.3, -0.25) is 0 Å². The van der Waals surface area contributed by atoms with Crippen LogP contribution in [-0.2, 0) is 22.4 Å². The Morgan fingerprint density at radius 1 is 1.20 bits per heavy atom. The van der Waals surface area contributed by atoms with Crippen LogP contribution >= 0.6 is 51.7 Å². The molecule has 8 heteroatoms. The van der Waals surface area contributed by atoms with Crippen molar-refractivity contribution in [2.75, 3.05) is 12.4 Å². The van der Waals surface area contributed by atoms with Crippen LogP contribution in [0.15, 0.2) is 76.6 Å². The van der Waals surface area contributed by atoms with E-state index in [1.54, 1.807) is 24.3 Å². The van der Waals surface area contributed by atoms with E-state index in [4.69, 9.17) is 21.1 Å². The van der Waals surface area contributed by atoms with Crippen molar-refractivity contribution in [3.05, 3.63) is 82.3 Å². The van der Waals surface area contributed by atoms with Gasteiger partial charge >= 0.3 is 0 Å². The molecule has 2 unspecified atom stereocenters. The standard InChI is InChI=1S/C22H22BrClN2O2S.ClH/c23-20-3-1-2-4-21(20)29-14-19-13-27-22(28-19,15-26-12-11-25-16-26)10-9-17-5-7-18(24)8-6-17;/h1-8,11-12,16,19H,9-10,13-15H2;1H. The number of nitrogens with zero attached hydrogens (tertiary/aromatic N) is 2. The molecule has 2 atom stereocenters. The molecule has 0 saturated carbocycles. The van der Waals surface area contributed by atoms with Gasteiger partial charge in [0.25, 0.3) is 0 Å². The second kappa shape index (κ2) is 11.0. The Kier molecular flexibility index (Phi) is 8.69. The summed E-state index contributed by atoms with van der Waals surface area (Å²) in [5.41, 5.74) is 1.22. The van der Waals surface area contributed by atoms with Crippen LogP contribution in [0.2, 0.25) is 5.02 Å². The van der Waals surface area contributed by atoms with Gasteiger partial charge in [-0.1, -0.05) is 35.9 Å². The Morgan fingerprint density at radius 3 is 2.73 bits per heavy atom. The zero-order chi connectivity index (χ0) is 20.1. The third kappa shape index (κ3) is 6.25. The summed E-state index contributed by atoms with van der Waals surface area (Å²) in [6.45, 7) is 1.21. The molecule has 1 aromatic heterocycles. The van der Waals surface area contributed by atoms with Crippen molar-refractivity contribution in [2.24, 2.45) is 0 Å². The minimum atomic E-state index is -0.653. The van der Waals surface area contributed by atoms with E-state index >= 15 is 0 Å². The van der Waals surface area contributed by atoms with Crippen LogP contribution in [0.5, 0.6) is 0 Å². The van der Waals surface area contributed by atoms with Gasteiger partial charge in [0.15, 0.2) is 5.79 Å². The van der Waals surface area contributed by atoms with Gasteiger partial charge in [-0.25, -0.2) is 4.98 Å². The maximum absolute atomic E-state index is 6.50. The fourth-order valence-corrected chi connectivity index (χ4v) is 5.05. The number of imidazole rings is 1. The molecule has 1 fully saturated rings. The number of hydrogen-bond acceptors (Lipinski definition) is 4. The van der Waals surface area contributed by atoms with Gasteiger partial charge in [0.1, 0.15) is 0 Å². The first-order valence-corrected chi connectivity index (χ1v) is 11.7. The van der Waals surface area contributed by atoms with Gasteiger partial charge in [-0.15, -0.1) is 24.2 Å². The molecule has 160 valence electrons. The minimum Gasteiger partial charge on any atom is -0.345 e. The van der Waals surface area contributed by atoms with Crippen LogP contribution in [-0.4, -0.2) is 33.8 Å². The molecule has 0 aliphatic carbocycles. The molecule has 1 aliphatic rings. The molecule has 1 saturated heterocycles. The molecule has 0 amide bonds. The Labute approximate surface area is 200 Å². The SMILES string of the molecule is Cl.Clc1ccc(CCC2(Cn3ccnc3)OCC(CSc3ccccc3Br)O2)cc1. The molecular weight excluding hydrogens is 507 g/mol. The lowest BCUT2D eigenvalue weighted by molar-refractivity contribution is -0.180. The molecule has 0 N–H and O–H groups in total. The van der Waals surface area contributed by atoms with Gasteiger partial charge < -0.3 is 14.0 Å². The number of ether oxygens (including phenoxy) is 2. The fraction of sp³-hybridized carbons (Fsp3) is 0.318. The number of benzene rings is 2. The molecule has 2 heterocycles. The topological polar surface area (TPSA) is 36.3 Å². The highest BCUT2D eigenvalue weighted by Crippen LogP contribution is 2.35. The van der Waals surface area contributed by atoms with Crippen LogP contribution in [0.1, 0.15) is 12.0 Å². The van der Waals surface area contributed by atoms with Crippen molar-refractivity contribution in [1.82, 2.24) is 9.55 Å². The molecule has 2 aromatic carbocycles. The third-order valence-electron chi connectivity index (χ3n) is 4.87. The van der Waals surface area contributed by atoms with Crippen LogP contribution in [0, 0.1) is 0 Å². The fourth-order valence-electron chi connectivity index (χ4n) is 3.38. The Balaban J connectivity index is 0.00000256. The lowest BCUT2D eigenvalue weighted by Crippen LogP contribution is -2.37. The van der Waals surface area contributed by atoms with Crippen LogP contribution < -0.4 is 0 Å². The van der Waals surface area contributed by atoms with E-state index < -0.39 is 5.79 Å². The van der Waals surface area contributed by atoms with E-state index in [1.165, 1.54) is 10.5 Å². The van der Waals surface area contributed by atoms with Gasteiger partial charge in [0.05, 0.1) is 25.6 Å². The van der Waals surface area contributed by atoms with Gasteiger partial charge in [0.2, 0.25) is 0 Å². The Bertz CT molecular complexity index is 927. The lowest BCUT2D eigenvalue weighted by atomic mass is 10.0. The highest BCUT2D eigenvalue weighted by atomic mass is 79.9. The number of thioether (sulfide) groups is 1. The molecule has 1 aliphatic heterocycles. The van der Waals surface area contributed by atoms with E-state index in [1.807, 2.05) is 29.0 Å². The summed E-state index contributed by atoms with van der Waals surface area (Å²) in [6, 6.07) is 16.2. The van der Waals surface area contributed by atoms with E-state index in [0.29, 0.717) is 13.2 Å². The summed E-state index contributed by atoms with van der Waals surface area (Å²) in [6.07, 6.45) is 7.20. The predicted octanol–water partition coefficient (Wildman–Crippen LogP) is 6.26. The zero-order valence-corrected chi connectivity index (χ0v) is 20.2. The van der Waals surface area contributed by atoms with Crippen molar-refractivity contribution in [3.8, 4) is 0 Å². The van der Waals surface area contributed by atoms with Crippen molar-refractivity contribution in [2.45, 2.75) is 36.2 Å². The first-order valence-electron chi connectivity index (χ1n) is 9.51. The molecule has 0 radical (unpaired) electrons. The first-order chi connectivity index (χ1) is 14.1. The number of aryl methyl sites for hydroxylation is 1. The maximum Gasteiger partial charge on any atom is 0.187 e. The van der Waals surface area contributed by atoms with Crippen LogP contribution in [0.4, 0.5) is 0 Å². The van der Waals surface area contributed by atoms with Crippen LogP contribution in [0.3, 0.4) is 0 Å². The largest absolute Gasteiger partial charge is 0.345 e. The van der Waals surface area contributed by atoms with Crippen molar-refractivity contribution >= 4 is 51.7 Å². The van der Waals surface area contributed by atoms with Crippen molar-refractivity contribution in [3.63, 3.8) is 0 Å². The number of aromatic nitrogens is 2. The molecule has 0 bridgehead atoms. The van der Waals surface area contributed by atoms with Gasteiger partial charge in [-0.2, -0.15) is 0 Å². The van der Waals surface area contributed by atoms with Gasteiger partial charge in [-0.05, 0) is 52.2 Å². The van der Waals surface area contributed by atoms with Crippen LogP contribution in [0.25, 0.3) is 0 Å². The number of rotatable bonds is 8. The first kappa shape index (κ1) is 23.6. The average molecular weight is 530 g/mol. The van der Waals surface area contributed by atoms with E-state index in [0.717, 1.165) is 28.1 Å². The quantitative estimate of drug-likeness (QED) is 0.323. The summed E-state index contributed by atoms with van der Waals surface area (Å²) in [4.78, 5) is 5.37. The average Bonchev–Trinajstić information content (AvgIpc) is 3.38. The Hall–Kier alpha value is -1.02. The molecule has 30 heavy (non-hydrogen) atoms. The molecule has 0 spiro atoms. The van der Waals surface area contributed by atoms with E-state index in [2.05, 4.69) is 51.2 Å². The number of halogens is 3. The van der Waals surface area contributed by atoms with Gasteiger partial charge in [0, 0.05) is 39.0 Å².